The van der Waals surface area contributed by atoms with Crippen molar-refractivity contribution in [3.05, 3.63) is 30.3 Å². The molecule has 2 aliphatic carbocycles. The van der Waals surface area contributed by atoms with Crippen molar-refractivity contribution in [1.82, 2.24) is 0 Å². The zero-order chi connectivity index (χ0) is 12.8. The van der Waals surface area contributed by atoms with Crippen molar-refractivity contribution in [2.45, 2.75) is 40.0 Å². The van der Waals surface area contributed by atoms with Gasteiger partial charge in [-0.25, -0.2) is 0 Å². The number of anilines is 1. The average Bonchev–Trinajstić information content (AvgIpc) is 2.70. The Morgan fingerprint density at radius 3 is 2.44 bits per heavy atom. The Hall–Kier alpha value is -1.31. The maximum Gasteiger partial charge on any atom is 0.0561 e. The van der Waals surface area contributed by atoms with Gasteiger partial charge in [-0.05, 0) is 42.7 Å². The predicted octanol–water partition coefficient (Wildman–Crippen LogP) is 4.30. The number of hydrogen-bond donors (Lipinski definition) is 1. The molecule has 2 fully saturated rings. The van der Waals surface area contributed by atoms with Gasteiger partial charge in [0.2, 0.25) is 0 Å². The fourth-order valence-electron chi connectivity index (χ4n) is 3.74. The summed E-state index contributed by atoms with van der Waals surface area (Å²) in [6, 6.07) is 10.2. The van der Waals surface area contributed by atoms with E-state index < -0.39 is 0 Å². The smallest absolute Gasteiger partial charge is 0.0561 e. The first-order valence-corrected chi connectivity index (χ1v) is 6.92. The normalized spacial score (nSPS) is 35.1. The third-order valence-electron chi connectivity index (χ3n) is 5.61. The molecular weight excluding hydrogens is 220 g/mol. The Labute approximate surface area is 109 Å². The summed E-state index contributed by atoms with van der Waals surface area (Å²) in [5.41, 5.74) is 6.37. The van der Waals surface area contributed by atoms with Gasteiger partial charge in [0.25, 0.3) is 0 Å². The van der Waals surface area contributed by atoms with Crippen molar-refractivity contribution >= 4 is 11.4 Å². The number of nitrogens with zero attached hydrogens (tertiary/aromatic N) is 1. The fraction of sp³-hybridized carbons (Fsp3) is 0.562. The molecule has 0 amide bonds. The van der Waals surface area contributed by atoms with Gasteiger partial charge in [0.05, 0.1) is 5.69 Å². The highest BCUT2D eigenvalue weighted by atomic mass is 15.3. The molecule has 2 nitrogen and oxygen atoms in total. The van der Waals surface area contributed by atoms with Crippen LogP contribution in [0.4, 0.5) is 5.69 Å². The second kappa shape index (κ2) is 3.84. The number of fused-ring (bicyclic) bond motifs is 2. The van der Waals surface area contributed by atoms with Crippen LogP contribution in [0.5, 0.6) is 0 Å². The van der Waals surface area contributed by atoms with E-state index in [4.69, 9.17) is 5.10 Å². The summed E-state index contributed by atoms with van der Waals surface area (Å²) in [6.45, 7) is 7.22. The summed E-state index contributed by atoms with van der Waals surface area (Å²) in [5, 5.41) is 4.71. The summed E-state index contributed by atoms with van der Waals surface area (Å²) in [5.74, 6) is 0.818. The quantitative estimate of drug-likeness (QED) is 0.768. The molecule has 2 saturated carbocycles. The molecule has 0 saturated heterocycles. The molecule has 2 aliphatic rings. The molecule has 1 N–H and O–H groups in total. The molecule has 18 heavy (non-hydrogen) atoms. The molecule has 0 aromatic heterocycles. The minimum Gasteiger partial charge on any atom is -0.279 e. The van der Waals surface area contributed by atoms with Gasteiger partial charge in [0.15, 0.2) is 0 Å². The Kier molecular flexibility index (Phi) is 2.51. The van der Waals surface area contributed by atoms with Gasteiger partial charge in [0.1, 0.15) is 0 Å². The predicted molar refractivity (Wildman–Crippen MR) is 76.7 cm³/mol. The van der Waals surface area contributed by atoms with Crippen molar-refractivity contribution in [3.63, 3.8) is 0 Å². The van der Waals surface area contributed by atoms with Crippen molar-refractivity contribution in [1.29, 1.82) is 0 Å². The maximum atomic E-state index is 4.71. The molecule has 1 aromatic rings. The first-order valence-electron chi connectivity index (χ1n) is 6.92. The van der Waals surface area contributed by atoms with Crippen LogP contribution in [-0.4, -0.2) is 5.71 Å². The lowest BCUT2D eigenvalue weighted by Crippen LogP contribution is -2.32. The number of benzene rings is 1. The van der Waals surface area contributed by atoms with Crippen LogP contribution in [0.2, 0.25) is 0 Å². The van der Waals surface area contributed by atoms with Crippen LogP contribution in [0.3, 0.4) is 0 Å². The number of nitrogens with one attached hydrogen (secondary N) is 1. The highest BCUT2D eigenvalue weighted by molar-refractivity contribution is 5.94. The Balaban J connectivity index is 1.83. The van der Waals surface area contributed by atoms with Gasteiger partial charge >= 0.3 is 0 Å². The minimum absolute atomic E-state index is 0.291. The second-order valence-corrected chi connectivity index (χ2v) is 6.53. The van der Waals surface area contributed by atoms with Crippen LogP contribution in [-0.2, 0) is 0 Å². The van der Waals surface area contributed by atoms with E-state index >= 15 is 0 Å². The summed E-state index contributed by atoms with van der Waals surface area (Å²) in [4.78, 5) is 0. The van der Waals surface area contributed by atoms with Crippen molar-refractivity contribution in [2.75, 3.05) is 5.43 Å². The highest BCUT2D eigenvalue weighted by Crippen LogP contribution is 2.63. The molecule has 0 radical (unpaired) electrons. The number of hydrazone groups is 1. The van der Waals surface area contributed by atoms with Crippen LogP contribution >= 0.6 is 0 Å². The molecule has 2 atom stereocenters. The van der Waals surface area contributed by atoms with E-state index in [-0.39, 0.29) is 0 Å². The van der Waals surface area contributed by atoms with Gasteiger partial charge in [0, 0.05) is 11.1 Å². The van der Waals surface area contributed by atoms with Crippen LogP contribution in [0.15, 0.2) is 35.4 Å². The van der Waals surface area contributed by atoms with Crippen LogP contribution in [0.25, 0.3) is 0 Å². The van der Waals surface area contributed by atoms with Gasteiger partial charge in [-0.2, -0.15) is 5.10 Å². The molecule has 1 aromatic carbocycles. The fourth-order valence-corrected chi connectivity index (χ4v) is 3.74. The first-order chi connectivity index (χ1) is 8.54. The van der Waals surface area contributed by atoms with Crippen molar-refractivity contribution < 1.29 is 0 Å². The zero-order valence-corrected chi connectivity index (χ0v) is 11.5. The maximum absolute atomic E-state index is 4.71. The molecule has 2 heteroatoms. The van der Waals surface area contributed by atoms with Gasteiger partial charge in [-0.3, -0.25) is 5.43 Å². The van der Waals surface area contributed by atoms with Gasteiger partial charge in [-0.1, -0.05) is 39.0 Å². The third-order valence-corrected chi connectivity index (χ3v) is 5.61. The summed E-state index contributed by atoms with van der Waals surface area (Å²) in [6.07, 6.45) is 3.83. The van der Waals surface area contributed by atoms with Crippen LogP contribution in [0, 0.1) is 16.7 Å². The largest absolute Gasteiger partial charge is 0.279 e. The van der Waals surface area contributed by atoms with Crippen molar-refractivity contribution in [2.24, 2.45) is 21.8 Å². The van der Waals surface area contributed by atoms with E-state index in [9.17, 15) is 0 Å². The van der Waals surface area contributed by atoms with E-state index in [1.807, 2.05) is 18.2 Å². The van der Waals surface area contributed by atoms with Crippen LogP contribution < -0.4 is 5.43 Å². The van der Waals surface area contributed by atoms with Crippen molar-refractivity contribution in [3.8, 4) is 0 Å². The highest BCUT2D eigenvalue weighted by Gasteiger charge is 2.59. The van der Waals surface area contributed by atoms with Crippen LogP contribution in [0.1, 0.15) is 40.0 Å². The molecule has 0 spiro atoms. The number of para-hydroxylation sites is 1. The molecule has 96 valence electrons. The first kappa shape index (κ1) is 11.8. The summed E-state index contributed by atoms with van der Waals surface area (Å²) in [7, 11) is 0. The van der Waals surface area contributed by atoms with Gasteiger partial charge < -0.3 is 0 Å². The lowest BCUT2D eigenvalue weighted by molar-refractivity contribution is 0.194. The van der Waals surface area contributed by atoms with E-state index in [1.54, 1.807) is 0 Å². The number of hydrogen-bond acceptors (Lipinski definition) is 2. The molecule has 2 bridgehead atoms. The third kappa shape index (κ3) is 1.51. The zero-order valence-electron chi connectivity index (χ0n) is 11.5. The molecule has 3 rings (SSSR count). The Morgan fingerprint density at radius 1 is 1.17 bits per heavy atom. The Morgan fingerprint density at radius 2 is 1.89 bits per heavy atom. The number of rotatable bonds is 2. The lowest BCUT2D eigenvalue weighted by atomic mass is 9.70. The topological polar surface area (TPSA) is 24.4 Å². The van der Waals surface area contributed by atoms with E-state index in [2.05, 4.69) is 38.3 Å². The van der Waals surface area contributed by atoms with E-state index in [1.165, 1.54) is 25.0 Å². The van der Waals surface area contributed by atoms with Gasteiger partial charge in [-0.15, -0.1) is 0 Å². The summed E-state index contributed by atoms with van der Waals surface area (Å²) < 4.78 is 0. The van der Waals surface area contributed by atoms with E-state index in [0.717, 1.165) is 11.6 Å². The Bertz CT molecular complexity index is 475. The molecule has 0 heterocycles. The SMILES string of the molecule is CC12CCC(C/C1=N\Nc1ccccc1)C2(C)C. The molecule has 0 aliphatic heterocycles. The second-order valence-electron chi connectivity index (χ2n) is 6.53. The summed E-state index contributed by atoms with van der Waals surface area (Å²) >= 11 is 0. The van der Waals surface area contributed by atoms with E-state index in [0.29, 0.717) is 10.8 Å². The lowest BCUT2D eigenvalue weighted by Gasteiger charge is -2.34. The minimum atomic E-state index is 0.291. The standard InChI is InChI=1S/C16H22N2/c1-15(2)12-9-10-16(15,3)14(11-12)18-17-13-7-5-4-6-8-13/h4-8,12,17H,9-11H2,1-3H3/b18-14+. The monoisotopic (exact) mass is 242 g/mol. The molecule has 2 unspecified atom stereocenters. The average molecular weight is 242 g/mol. The molecular formula is C16H22N2.